The van der Waals surface area contributed by atoms with Crippen molar-refractivity contribution in [2.24, 2.45) is 18.9 Å². The van der Waals surface area contributed by atoms with Gasteiger partial charge in [0.05, 0.1) is 6.20 Å². The maximum Gasteiger partial charge on any atom is 0.262 e. The van der Waals surface area contributed by atoms with Crippen molar-refractivity contribution in [1.29, 1.82) is 0 Å². The van der Waals surface area contributed by atoms with Gasteiger partial charge in [-0.3, -0.25) is 9.08 Å². The van der Waals surface area contributed by atoms with Crippen LogP contribution in [0.3, 0.4) is 0 Å². The van der Waals surface area contributed by atoms with Crippen molar-refractivity contribution in [1.82, 2.24) is 29.4 Å². The van der Waals surface area contributed by atoms with E-state index in [1.807, 2.05) is 43.6 Å². The molecule has 0 spiro atoms. The van der Waals surface area contributed by atoms with E-state index in [1.54, 1.807) is 30.7 Å². The highest BCUT2D eigenvalue weighted by Gasteiger charge is 2.45. The molecule has 0 aliphatic heterocycles. The van der Waals surface area contributed by atoms with Crippen molar-refractivity contribution >= 4 is 26.5 Å². The molecule has 10 heteroatoms. The number of halogens is 2. The van der Waals surface area contributed by atoms with Gasteiger partial charge in [-0.05, 0) is 54.2 Å². The van der Waals surface area contributed by atoms with Crippen LogP contribution < -0.4 is 5.32 Å². The second kappa shape index (κ2) is 7.64. The van der Waals surface area contributed by atoms with Crippen LogP contribution in [0.15, 0.2) is 48.9 Å². The van der Waals surface area contributed by atoms with Gasteiger partial charge in [-0.25, -0.2) is 13.8 Å². The predicted octanol–water partition coefficient (Wildman–Crippen LogP) is 4.31. The number of aromatic nitrogens is 6. The summed E-state index contributed by atoms with van der Waals surface area (Å²) in [4.78, 5) is 4.37. The fourth-order valence-electron chi connectivity index (χ4n) is 3.88. The lowest BCUT2D eigenvalue weighted by molar-refractivity contribution is 0.0244. The number of nitrogens with one attached hydrogen (secondary N) is 1. The van der Waals surface area contributed by atoms with Gasteiger partial charge in [-0.15, -0.1) is 10.2 Å². The van der Waals surface area contributed by atoms with Gasteiger partial charge >= 0.3 is 0 Å². The zero-order chi connectivity index (χ0) is 21.6. The molecule has 0 aromatic carbocycles. The highest BCUT2D eigenvalue weighted by Crippen LogP contribution is 2.48. The molecular formula is C21H22F2N7P. The SMILES string of the molecule is Cn1nccc1Nc1cc(-c2ccn3c(CC(C4CC4)C(F)(F)P)nnc3c2)ccn1. The van der Waals surface area contributed by atoms with E-state index in [1.165, 1.54) is 0 Å². The van der Waals surface area contributed by atoms with E-state index in [2.05, 4.69) is 25.6 Å². The van der Waals surface area contributed by atoms with Crippen LogP contribution in [0, 0.1) is 11.8 Å². The third-order valence-corrected chi connectivity index (χ3v) is 6.17. The number of hydrogen-bond donors (Lipinski definition) is 1. The molecule has 2 atom stereocenters. The average Bonchev–Trinajstić information content (AvgIpc) is 3.38. The first-order valence-corrected chi connectivity index (χ1v) is 10.7. The normalized spacial score (nSPS) is 15.4. The van der Waals surface area contributed by atoms with Gasteiger partial charge in [-0.1, -0.05) is 9.24 Å². The van der Waals surface area contributed by atoms with E-state index < -0.39 is 11.6 Å². The summed E-state index contributed by atoms with van der Waals surface area (Å²) in [5.74, 6) is 1.41. The molecule has 1 aliphatic rings. The molecule has 0 radical (unpaired) electrons. The summed E-state index contributed by atoms with van der Waals surface area (Å²) in [5.41, 5.74) is -0.274. The monoisotopic (exact) mass is 441 g/mol. The van der Waals surface area contributed by atoms with Crippen LogP contribution in [-0.4, -0.2) is 35.0 Å². The first kappa shape index (κ1) is 20.0. The Labute approximate surface area is 180 Å². The van der Waals surface area contributed by atoms with Gasteiger partial charge in [0, 0.05) is 37.8 Å². The van der Waals surface area contributed by atoms with E-state index in [0.717, 1.165) is 29.8 Å². The van der Waals surface area contributed by atoms with Crippen LogP contribution in [0.1, 0.15) is 18.7 Å². The van der Waals surface area contributed by atoms with Crippen molar-refractivity contribution in [3.05, 3.63) is 54.7 Å². The second-order valence-electron chi connectivity index (χ2n) is 7.98. The molecule has 4 aromatic rings. The Kier molecular flexibility index (Phi) is 4.93. The summed E-state index contributed by atoms with van der Waals surface area (Å²) in [7, 11) is 3.55. The van der Waals surface area contributed by atoms with Crippen LogP contribution >= 0.6 is 9.24 Å². The summed E-state index contributed by atoms with van der Waals surface area (Å²) in [6.07, 6.45) is 7.20. The van der Waals surface area contributed by atoms with E-state index in [-0.39, 0.29) is 12.3 Å². The second-order valence-corrected chi connectivity index (χ2v) is 8.75. The Bertz CT molecular complexity index is 1230. The molecule has 1 aliphatic carbocycles. The fourth-order valence-corrected chi connectivity index (χ4v) is 4.27. The van der Waals surface area contributed by atoms with E-state index >= 15 is 0 Å². The van der Waals surface area contributed by atoms with Crippen LogP contribution in [0.2, 0.25) is 0 Å². The van der Waals surface area contributed by atoms with Crippen molar-refractivity contribution in [3.8, 4) is 11.1 Å². The van der Waals surface area contributed by atoms with E-state index in [9.17, 15) is 8.78 Å². The Balaban J connectivity index is 1.41. The maximum absolute atomic E-state index is 14.0. The molecular weight excluding hydrogens is 419 g/mol. The van der Waals surface area contributed by atoms with Crippen LogP contribution in [-0.2, 0) is 13.5 Å². The summed E-state index contributed by atoms with van der Waals surface area (Å²) >= 11 is 0. The van der Waals surface area contributed by atoms with Crippen LogP contribution in [0.5, 0.6) is 0 Å². The Morgan fingerprint density at radius 3 is 2.68 bits per heavy atom. The molecule has 0 amide bonds. The molecule has 2 unspecified atom stereocenters. The Hall–Kier alpha value is -2.93. The number of nitrogens with zero attached hydrogens (tertiary/aromatic N) is 6. The molecule has 7 nitrogen and oxygen atoms in total. The summed E-state index contributed by atoms with van der Waals surface area (Å²) in [6, 6.07) is 9.56. The number of anilines is 2. The van der Waals surface area contributed by atoms with Crippen LogP contribution in [0.4, 0.5) is 20.4 Å². The molecule has 0 saturated heterocycles. The predicted molar refractivity (Wildman–Crippen MR) is 117 cm³/mol. The molecule has 160 valence electrons. The molecule has 4 aromatic heterocycles. The minimum atomic E-state index is -2.80. The summed E-state index contributed by atoms with van der Waals surface area (Å²) < 4.78 is 31.6. The van der Waals surface area contributed by atoms with Crippen molar-refractivity contribution in [2.45, 2.75) is 24.9 Å². The van der Waals surface area contributed by atoms with Gasteiger partial charge in [0.2, 0.25) is 0 Å². The third kappa shape index (κ3) is 4.14. The smallest absolute Gasteiger partial charge is 0.262 e. The fraction of sp³-hybridized carbons (Fsp3) is 0.333. The van der Waals surface area contributed by atoms with E-state index in [0.29, 0.717) is 17.3 Å². The lowest BCUT2D eigenvalue weighted by Crippen LogP contribution is -2.26. The van der Waals surface area contributed by atoms with Crippen molar-refractivity contribution < 1.29 is 8.78 Å². The molecule has 1 N–H and O–H groups in total. The van der Waals surface area contributed by atoms with Gasteiger partial charge < -0.3 is 5.32 Å². The maximum atomic E-state index is 14.0. The molecule has 1 fully saturated rings. The van der Waals surface area contributed by atoms with E-state index in [4.69, 9.17) is 0 Å². The van der Waals surface area contributed by atoms with Gasteiger partial charge in [0.1, 0.15) is 17.5 Å². The van der Waals surface area contributed by atoms with Gasteiger partial charge in [-0.2, -0.15) is 5.10 Å². The first-order chi connectivity index (χ1) is 14.9. The zero-order valence-corrected chi connectivity index (χ0v) is 18.1. The minimum Gasteiger partial charge on any atom is -0.325 e. The number of alkyl halides is 2. The minimum absolute atomic E-state index is 0.0568. The quantitative estimate of drug-likeness (QED) is 0.433. The molecule has 4 heterocycles. The first-order valence-electron chi connectivity index (χ1n) is 10.1. The topological polar surface area (TPSA) is 72.9 Å². The number of pyridine rings is 2. The highest BCUT2D eigenvalue weighted by atomic mass is 31.0. The van der Waals surface area contributed by atoms with Crippen molar-refractivity contribution in [3.63, 3.8) is 0 Å². The molecule has 0 bridgehead atoms. The summed E-state index contributed by atoms with van der Waals surface area (Å²) in [6.45, 7) is 0. The average molecular weight is 441 g/mol. The van der Waals surface area contributed by atoms with Crippen LogP contribution in [0.25, 0.3) is 16.8 Å². The molecule has 31 heavy (non-hydrogen) atoms. The standard InChI is InChI=1S/C21H22F2N7P/c1-29-18(5-8-25-29)26-17-10-14(4-7-24-17)15-6-9-30-19(11-15)27-28-20(30)12-16(13-2-3-13)21(22,23)31/h4-11,13,16H,2-3,12,31H2,1H3,(H,24,26). The van der Waals surface area contributed by atoms with Crippen molar-refractivity contribution in [2.75, 3.05) is 5.32 Å². The number of aryl methyl sites for hydroxylation is 1. The Morgan fingerprint density at radius 2 is 1.97 bits per heavy atom. The number of rotatable bonds is 7. The lowest BCUT2D eigenvalue weighted by Gasteiger charge is -2.22. The lowest BCUT2D eigenvalue weighted by atomic mass is 9.99. The third-order valence-electron chi connectivity index (χ3n) is 5.74. The van der Waals surface area contributed by atoms with Gasteiger partial charge in [0.25, 0.3) is 5.66 Å². The largest absolute Gasteiger partial charge is 0.325 e. The zero-order valence-electron chi connectivity index (χ0n) is 16.9. The molecule has 1 saturated carbocycles. The number of hydrogen-bond acceptors (Lipinski definition) is 5. The molecule has 5 rings (SSSR count). The Morgan fingerprint density at radius 1 is 1.16 bits per heavy atom. The van der Waals surface area contributed by atoms with Gasteiger partial charge in [0.15, 0.2) is 5.65 Å². The highest BCUT2D eigenvalue weighted by molar-refractivity contribution is 7.18. The number of fused-ring (bicyclic) bond motifs is 1. The summed E-state index contributed by atoms with van der Waals surface area (Å²) in [5, 5.41) is 15.8.